The molecule has 1 aliphatic rings. The minimum absolute atomic E-state index is 0.00208. The number of halogens is 2. The first-order chi connectivity index (χ1) is 9.08. The minimum Gasteiger partial charge on any atom is -0.342 e. The molecule has 0 aromatic heterocycles. The molecule has 1 N–H and O–H groups in total. The Morgan fingerprint density at radius 3 is 2.74 bits per heavy atom. The Kier molecular flexibility index (Phi) is 5.08. The van der Waals surface area contributed by atoms with Crippen molar-refractivity contribution in [3.63, 3.8) is 0 Å². The van der Waals surface area contributed by atoms with Crippen molar-refractivity contribution in [2.45, 2.75) is 25.8 Å². The first kappa shape index (κ1) is 14.6. The number of carbonyl (C=O) groups excluding carboxylic acids is 1. The molecule has 1 unspecified atom stereocenters. The van der Waals surface area contributed by atoms with Crippen LogP contribution in [0.1, 0.15) is 31.4 Å². The molecule has 0 spiro atoms. The molecule has 1 aliphatic heterocycles. The fraction of sp³-hybridized carbons (Fsp3) is 0.500. The van der Waals surface area contributed by atoms with Gasteiger partial charge < -0.3 is 10.2 Å². The summed E-state index contributed by atoms with van der Waals surface area (Å²) in [4.78, 5) is 13.8. The highest BCUT2D eigenvalue weighted by Gasteiger charge is 2.18. The van der Waals surface area contributed by atoms with Gasteiger partial charge in [0.2, 0.25) is 5.91 Å². The predicted molar refractivity (Wildman–Crippen MR) is 78.7 cm³/mol. The highest BCUT2D eigenvalue weighted by Crippen LogP contribution is 2.26. The summed E-state index contributed by atoms with van der Waals surface area (Å²) in [6.07, 6.45) is 2.23. The van der Waals surface area contributed by atoms with Gasteiger partial charge in [-0.25, -0.2) is 0 Å². The van der Waals surface area contributed by atoms with Gasteiger partial charge in [-0.3, -0.25) is 4.79 Å². The smallest absolute Gasteiger partial charge is 0.236 e. The Morgan fingerprint density at radius 2 is 2.05 bits per heavy atom. The lowest BCUT2D eigenvalue weighted by atomic mass is 10.1. The third-order valence-electron chi connectivity index (χ3n) is 3.44. The topological polar surface area (TPSA) is 32.3 Å². The van der Waals surface area contributed by atoms with Gasteiger partial charge in [0, 0.05) is 29.2 Å². The van der Waals surface area contributed by atoms with Crippen LogP contribution in [-0.4, -0.2) is 30.4 Å². The summed E-state index contributed by atoms with van der Waals surface area (Å²) in [6, 6.07) is 5.37. The van der Waals surface area contributed by atoms with Crippen LogP contribution in [0.25, 0.3) is 0 Å². The van der Waals surface area contributed by atoms with Crippen LogP contribution in [0.15, 0.2) is 18.2 Å². The Labute approximate surface area is 123 Å². The van der Waals surface area contributed by atoms with Gasteiger partial charge >= 0.3 is 0 Å². The number of nitrogens with one attached hydrogen (secondary N) is 1. The normalized spacial score (nSPS) is 16.7. The molecule has 1 atom stereocenters. The molecule has 1 heterocycles. The van der Waals surface area contributed by atoms with E-state index in [1.165, 1.54) is 0 Å². The van der Waals surface area contributed by atoms with Gasteiger partial charge in [-0.2, -0.15) is 0 Å². The SMILES string of the molecule is CC(NCC(=O)N1CCCC1)c1cc(Cl)ccc1Cl. The minimum atomic E-state index is -0.00208. The highest BCUT2D eigenvalue weighted by atomic mass is 35.5. The lowest BCUT2D eigenvalue weighted by Crippen LogP contribution is -2.37. The molecule has 1 fully saturated rings. The fourth-order valence-electron chi connectivity index (χ4n) is 2.28. The first-order valence-electron chi connectivity index (χ1n) is 6.54. The number of carbonyl (C=O) groups is 1. The lowest BCUT2D eigenvalue weighted by Gasteiger charge is -2.19. The van der Waals surface area contributed by atoms with Gasteiger partial charge in [0.1, 0.15) is 0 Å². The zero-order chi connectivity index (χ0) is 13.8. The fourth-order valence-corrected chi connectivity index (χ4v) is 2.74. The zero-order valence-electron chi connectivity index (χ0n) is 11.0. The second-order valence-electron chi connectivity index (χ2n) is 4.86. The number of hydrogen-bond donors (Lipinski definition) is 1. The monoisotopic (exact) mass is 300 g/mol. The first-order valence-corrected chi connectivity index (χ1v) is 7.29. The quantitative estimate of drug-likeness (QED) is 0.925. The Balaban J connectivity index is 1.91. The molecule has 1 aromatic carbocycles. The molecule has 0 radical (unpaired) electrons. The van der Waals surface area contributed by atoms with E-state index in [1.807, 2.05) is 17.9 Å². The third-order valence-corrected chi connectivity index (χ3v) is 4.02. The van der Waals surface area contributed by atoms with Crippen molar-refractivity contribution >= 4 is 29.1 Å². The van der Waals surface area contributed by atoms with Crippen molar-refractivity contribution in [2.75, 3.05) is 19.6 Å². The number of nitrogens with zero attached hydrogens (tertiary/aromatic N) is 1. The summed E-state index contributed by atoms with van der Waals surface area (Å²) in [5.74, 6) is 0.155. The number of rotatable bonds is 4. The summed E-state index contributed by atoms with van der Waals surface area (Å²) in [6.45, 7) is 4.08. The van der Waals surface area contributed by atoms with Crippen LogP contribution in [-0.2, 0) is 4.79 Å². The van der Waals surface area contributed by atoms with E-state index in [2.05, 4.69) is 5.32 Å². The summed E-state index contributed by atoms with van der Waals surface area (Å²) >= 11 is 12.1. The van der Waals surface area contributed by atoms with E-state index in [1.54, 1.807) is 12.1 Å². The van der Waals surface area contributed by atoms with Crippen molar-refractivity contribution in [3.8, 4) is 0 Å². The maximum atomic E-state index is 11.9. The van der Waals surface area contributed by atoms with Crippen LogP contribution in [0, 0.1) is 0 Å². The van der Waals surface area contributed by atoms with E-state index in [4.69, 9.17) is 23.2 Å². The molecule has 19 heavy (non-hydrogen) atoms. The van der Waals surface area contributed by atoms with E-state index >= 15 is 0 Å². The number of benzene rings is 1. The zero-order valence-corrected chi connectivity index (χ0v) is 12.5. The molecule has 2 rings (SSSR count). The van der Waals surface area contributed by atoms with E-state index < -0.39 is 0 Å². The van der Waals surface area contributed by atoms with E-state index in [0.717, 1.165) is 31.5 Å². The van der Waals surface area contributed by atoms with Crippen LogP contribution in [0.4, 0.5) is 0 Å². The molecule has 5 heteroatoms. The summed E-state index contributed by atoms with van der Waals surface area (Å²) in [7, 11) is 0. The van der Waals surface area contributed by atoms with E-state index in [9.17, 15) is 4.79 Å². The maximum absolute atomic E-state index is 11.9. The summed E-state index contributed by atoms with van der Waals surface area (Å²) in [5.41, 5.74) is 0.920. The Hall–Kier alpha value is -0.770. The van der Waals surface area contributed by atoms with Gasteiger partial charge in [-0.15, -0.1) is 0 Å². The molecule has 104 valence electrons. The van der Waals surface area contributed by atoms with Crippen LogP contribution >= 0.6 is 23.2 Å². The van der Waals surface area contributed by atoms with Crippen molar-refractivity contribution in [2.24, 2.45) is 0 Å². The number of likely N-dealkylation sites (tertiary alicyclic amines) is 1. The molecular formula is C14H18Cl2N2O. The Morgan fingerprint density at radius 1 is 1.37 bits per heavy atom. The van der Waals surface area contributed by atoms with E-state index in [-0.39, 0.29) is 11.9 Å². The van der Waals surface area contributed by atoms with Gasteiger partial charge in [-0.1, -0.05) is 23.2 Å². The molecule has 0 saturated carbocycles. The largest absolute Gasteiger partial charge is 0.342 e. The lowest BCUT2D eigenvalue weighted by molar-refractivity contribution is -0.129. The second-order valence-corrected chi connectivity index (χ2v) is 5.70. The third kappa shape index (κ3) is 3.85. The van der Waals surface area contributed by atoms with Crippen molar-refractivity contribution in [1.29, 1.82) is 0 Å². The van der Waals surface area contributed by atoms with E-state index in [0.29, 0.717) is 16.6 Å². The average Bonchev–Trinajstić information content (AvgIpc) is 2.92. The average molecular weight is 301 g/mol. The van der Waals surface area contributed by atoms with Crippen LogP contribution < -0.4 is 5.32 Å². The highest BCUT2D eigenvalue weighted by molar-refractivity contribution is 6.33. The summed E-state index contributed by atoms with van der Waals surface area (Å²) < 4.78 is 0. The van der Waals surface area contributed by atoms with Gasteiger partial charge in [-0.05, 0) is 43.5 Å². The molecule has 1 aromatic rings. The number of amides is 1. The number of hydrogen-bond acceptors (Lipinski definition) is 2. The molecule has 0 bridgehead atoms. The molecule has 1 amide bonds. The molecule has 3 nitrogen and oxygen atoms in total. The van der Waals surface area contributed by atoms with Gasteiger partial charge in [0.25, 0.3) is 0 Å². The molecule has 0 aliphatic carbocycles. The summed E-state index contributed by atoms with van der Waals surface area (Å²) in [5, 5.41) is 4.53. The molecular weight excluding hydrogens is 283 g/mol. The maximum Gasteiger partial charge on any atom is 0.236 e. The van der Waals surface area contributed by atoms with Crippen LogP contribution in [0.2, 0.25) is 10.0 Å². The molecule has 1 saturated heterocycles. The van der Waals surface area contributed by atoms with Gasteiger partial charge in [0.15, 0.2) is 0 Å². The van der Waals surface area contributed by atoms with Crippen LogP contribution in [0.5, 0.6) is 0 Å². The van der Waals surface area contributed by atoms with Crippen molar-refractivity contribution in [1.82, 2.24) is 10.2 Å². The Bertz CT molecular complexity index is 459. The van der Waals surface area contributed by atoms with Crippen LogP contribution in [0.3, 0.4) is 0 Å². The standard InChI is InChI=1S/C14H18Cl2N2O/c1-10(12-8-11(15)4-5-13(12)16)17-9-14(19)18-6-2-3-7-18/h4-5,8,10,17H,2-3,6-7,9H2,1H3. The second kappa shape index (κ2) is 6.60. The van der Waals surface area contributed by atoms with Crippen molar-refractivity contribution in [3.05, 3.63) is 33.8 Å². The van der Waals surface area contributed by atoms with Gasteiger partial charge in [0.05, 0.1) is 6.54 Å². The van der Waals surface area contributed by atoms with Crippen molar-refractivity contribution < 1.29 is 4.79 Å². The predicted octanol–water partition coefficient (Wildman–Crippen LogP) is 3.27.